The molecule has 3 N–H and O–H groups in total. The van der Waals surface area contributed by atoms with Crippen LogP contribution in [0.5, 0.6) is 5.75 Å². The highest BCUT2D eigenvalue weighted by atomic mass is 35.5. The van der Waals surface area contributed by atoms with Crippen LogP contribution in [0.25, 0.3) is 0 Å². The second-order valence-electron chi connectivity index (χ2n) is 4.86. The minimum Gasteiger partial charge on any atom is -0.496 e. The van der Waals surface area contributed by atoms with Crippen molar-refractivity contribution in [2.24, 2.45) is 10.7 Å². The fraction of sp³-hybridized carbons (Fsp3) is 0.429. The molecule has 1 atom stereocenters. The van der Waals surface area contributed by atoms with Gasteiger partial charge in [0.25, 0.3) is 0 Å². The van der Waals surface area contributed by atoms with Gasteiger partial charge in [-0.2, -0.15) is 0 Å². The Hall–Kier alpha value is -1.30. The highest BCUT2D eigenvalue weighted by molar-refractivity contribution is 6.64. The van der Waals surface area contributed by atoms with Gasteiger partial charge in [0.1, 0.15) is 11.6 Å². The van der Waals surface area contributed by atoms with Crippen molar-refractivity contribution in [3.63, 3.8) is 0 Å². The number of hydrogen-bond acceptors (Lipinski definition) is 5. The van der Waals surface area contributed by atoms with E-state index in [4.69, 9.17) is 39.1 Å². The Balaban J connectivity index is 2.22. The number of nitrogens with one attached hydrogen (secondary N) is 1. The zero-order chi connectivity index (χ0) is 15.4. The molecule has 0 fully saturated rings. The maximum absolute atomic E-state index is 7.49. The number of halogens is 2. The number of rotatable bonds is 5. The summed E-state index contributed by atoms with van der Waals surface area (Å²) in [6.45, 7) is 2.01. The molecule has 114 valence electrons. The van der Waals surface area contributed by atoms with Crippen LogP contribution in [0.15, 0.2) is 23.2 Å². The molecule has 0 aromatic heterocycles. The van der Waals surface area contributed by atoms with Crippen LogP contribution in [0, 0.1) is 5.41 Å². The quantitative estimate of drug-likeness (QED) is 0.815. The van der Waals surface area contributed by atoms with Crippen LogP contribution in [0.4, 0.5) is 0 Å². The summed E-state index contributed by atoms with van der Waals surface area (Å²) in [7, 11) is 1.63. The number of hydrogen-bond donors (Lipinski definition) is 2. The monoisotopic (exact) mass is 328 g/mol. The van der Waals surface area contributed by atoms with Crippen molar-refractivity contribution in [2.75, 3.05) is 20.2 Å². The first-order valence-electron chi connectivity index (χ1n) is 6.60. The minimum atomic E-state index is -0.160. The van der Waals surface area contributed by atoms with E-state index in [-0.39, 0.29) is 11.2 Å². The lowest BCUT2D eigenvalue weighted by Gasteiger charge is -2.34. The van der Waals surface area contributed by atoms with E-state index in [1.807, 2.05) is 12.1 Å². The second-order valence-corrected chi connectivity index (χ2v) is 5.75. The summed E-state index contributed by atoms with van der Waals surface area (Å²) >= 11 is 11.8. The topological polar surface area (TPSA) is 74.7 Å². The number of nitrogens with two attached hydrogens (primary N) is 1. The molecule has 1 aliphatic rings. The molecule has 1 heterocycles. The Morgan fingerprint density at radius 3 is 3.00 bits per heavy atom. The highest BCUT2D eigenvalue weighted by Gasteiger charge is 2.27. The first-order chi connectivity index (χ1) is 10.0. The molecular formula is C14H18Cl2N4O. The van der Waals surface area contributed by atoms with Crippen molar-refractivity contribution in [1.82, 2.24) is 4.90 Å². The largest absolute Gasteiger partial charge is 0.496 e. The molecule has 0 saturated heterocycles. The molecule has 1 aromatic rings. The van der Waals surface area contributed by atoms with Crippen molar-refractivity contribution >= 4 is 34.2 Å². The molecule has 0 radical (unpaired) electrons. The summed E-state index contributed by atoms with van der Waals surface area (Å²) in [6.07, 6.45) is 0.361. The van der Waals surface area contributed by atoms with E-state index in [0.717, 1.165) is 17.9 Å². The Morgan fingerprint density at radius 1 is 1.57 bits per heavy atom. The van der Waals surface area contributed by atoms with E-state index < -0.39 is 0 Å². The van der Waals surface area contributed by atoms with Crippen molar-refractivity contribution in [3.05, 3.63) is 28.8 Å². The molecule has 1 unspecified atom stereocenters. The summed E-state index contributed by atoms with van der Waals surface area (Å²) in [6, 6.07) is 5.36. The van der Waals surface area contributed by atoms with Gasteiger partial charge in [-0.3, -0.25) is 15.3 Å². The van der Waals surface area contributed by atoms with Gasteiger partial charge in [-0.05, 0) is 18.2 Å². The van der Waals surface area contributed by atoms with Gasteiger partial charge in [0.15, 0.2) is 0 Å². The van der Waals surface area contributed by atoms with Gasteiger partial charge in [-0.15, -0.1) is 0 Å². The van der Waals surface area contributed by atoms with E-state index >= 15 is 0 Å². The van der Waals surface area contributed by atoms with Gasteiger partial charge >= 0.3 is 0 Å². The summed E-state index contributed by atoms with van der Waals surface area (Å²) in [4.78, 5) is 6.40. The Labute approximate surface area is 134 Å². The minimum absolute atomic E-state index is 0.0723. The van der Waals surface area contributed by atoms with E-state index in [0.29, 0.717) is 30.4 Å². The van der Waals surface area contributed by atoms with Crippen molar-refractivity contribution in [2.45, 2.75) is 19.0 Å². The number of methoxy groups -OCH3 is 1. The molecule has 0 saturated carbocycles. The fourth-order valence-corrected chi connectivity index (χ4v) is 2.78. The van der Waals surface area contributed by atoms with Gasteiger partial charge in [-0.25, -0.2) is 0 Å². The Bertz CT molecular complexity index is 562. The molecule has 0 amide bonds. The number of aliphatic imine (C=N–C) groups is 1. The maximum Gasteiger partial charge on any atom is 0.123 e. The highest BCUT2D eigenvalue weighted by Crippen LogP contribution is 2.26. The van der Waals surface area contributed by atoms with Crippen LogP contribution in [0.1, 0.15) is 12.0 Å². The van der Waals surface area contributed by atoms with Crippen molar-refractivity contribution in [1.29, 1.82) is 5.41 Å². The smallest absolute Gasteiger partial charge is 0.123 e. The van der Waals surface area contributed by atoms with Crippen LogP contribution in [0.3, 0.4) is 0 Å². The van der Waals surface area contributed by atoms with Crippen LogP contribution < -0.4 is 10.5 Å². The predicted octanol–water partition coefficient (Wildman–Crippen LogP) is 2.50. The van der Waals surface area contributed by atoms with E-state index in [2.05, 4.69) is 9.89 Å². The molecule has 7 heteroatoms. The molecule has 0 bridgehead atoms. The zero-order valence-corrected chi connectivity index (χ0v) is 13.3. The number of ether oxygens (including phenoxy) is 1. The van der Waals surface area contributed by atoms with Crippen LogP contribution in [-0.2, 0) is 6.54 Å². The summed E-state index contributed by atoms with van der Waals surface area (Å²) in [5, 5.41) is 8.22. The molecule has 2 rings (SSSR count). The van der Waals surface area contributed by atoms with Gasteiger partial charge in [0.2, 0.25) is 0 Å². The number of amidine groups is 1. The van der Waals surface area contributed by atoms with E-state index in [9.17, 15) is 0 Å². The predicted molar refractivity (Wildman–Crippen MR) is 86.9 cm³/mol. The SMILES string of the molecule is COc1ccc(Cl)cc1CN1CCN=C(N)C1CC(=N)Cl. The lowest BCUT2D eigenvalue weighted by atomic mass is 10.1. The van der Waals surface area contributed by atoms with Gasteiger partial charge in [0, 0.05) is 30.1 Å². The molecule has 5 nitrogen and oxygen atoms in total. The van der Waals surface area contributed by atoms with Crippen LogP contribution >= 0.6 is 23.2 Å². The molecule has 21 heavy (non-hydrogen) atoms. The molecule has 1 aliphatic heterocycles. The summed E-state index contributed by atoms with van der Waals surface area (Å²) < 4.78 is 5.37. The number of nitrogens with zero attached hydrogens (tertiary/aromatic N) is 2. The average molecular weight is 329 g/mol. The number of benzene rings is 1. The third kappa shape index (κ3) is 4.09. The maximum atomic E-state index is 7.49. The van der Waals surface area contributed by atoms with Gasteiger partial charge < -0.3 is 10.5 Å². The van der Waals surface area contributed by atoms with E-state index in [1.54, 1.807) is 13.2 Å². The standard InChI is InChI=1S/C14H18Cl2N4O/c1-21-12-3-2-10(15)6-9(12)8-20-5-4-19-14(18)11(20)7-13(16)17/h2-3,6,11,17H,4-5,7-8H2,1H3,(H2,18,19). The van der Waals surface area contributed by atoms with Gasteiger partial charge in [-0.1, -0.05) is 23.2 Å². The summed E-state index contributed by atoms with van der Waals surface area (Å²) in [5.74, 6) is 1.30. The fourth-order valence-electron chi connectivity index (χ4n) is 2.44. The zero-order valence-electron chi connectivity index (χ0n) is 11.8. The third-order valence-corrected chi connectivity index (χ3v) is 3.84. The van der Waals surface area contributed by atoms with E-state index in [1.165, 1.54) is 0 Å². The lowest BCUT2D eigenvalue weighted by molar-refractivity contribution is 0.229. The Kier molecular flexibility index (Phi) is 5.45. The second kappa shape index (κ2) is 7.11. The van der Waals surface area contributed by atoms with Crippen LogP contribution in [0.2, 0.25) is 5.02 Å². The first-order valence-corrected chi connectivity index (χ1v) is 7.36. The lowest BCUT2D eigenvalue weighted by Crippen LogP contribution is -2.49. The molecule has 0 spiro atoms. The van der Waals surface area contributed by atoms with Crippen molar-refractivity contribution < 1.29 is 4.74 Å². The third-order valence-electron chi connectivity index (χ3n) is 3.45. The Morgan fingerprint density at radius 2 is 2.33 bits per heavy atom. The molecular weight excluding hydrogens is 311 g/mol. The molecule has 0 aliphatic carbocycles. The summed E-state index contributed by atoms with van der Waals surface area (Å²) in [5.41, 5.74) is 6.95. The van der Waals surface area contributed by atoms with Crippen LogP contribution in [-0.4, -0.2) is 42.1 Å². The van der Waals surface area contributed by atoms with Gasteiger partial charge in [0.05, 0.1) is 24.9 Å². The normalized spacial score (nSPS) is 19.2. The first kappa shape index (κ1) is 16.1. The average Bonchev–Trinajstić information content (AvgIpc) is 2.42. The van der Waals surface area contributed by atoms with Crippen molar-refractivity contribution in [3.8, 4) is 5.75 Å². The molecule has 1 aromatic carbocycles.